The smallest absolute Gasteiger partial charge is 0.0973 e. The number of aromatic nitrogens is 4. The van der Waals surface area contributed by atoms with Crippen molar-refractivity contribution in [3.05, 3.63) is 96.7 Å². The number of rotatable bonds is 5. The molecule has 0 radical (unpaired) electrons. The highest BCUT2D eigenvalue weighted by Crippen LogP contribution is 2.33. The fourth-order valence-corrected chi connectivity index (χ4v) is 4.24. The second kappa shape index (κ2) is 8.41. The second-order valence-electron chi connectivity index (χ2n) is 8.07. The predicted octanol–water partition coefficient (Wildman–Crippen LogP) is 3.81. The second-order valence-corrected chi connectivity index (χ2v) is 8.07. The van der Waals surface area contributed by atoms with Crippen LogP contribution in [0.3, 0.4) is 0 Å². The number of pyridine rings is 2. The number of hydrogen-bond acceptors (Lipinski definition) is 5. The number of nitrogens with zero attached hydrogens (tertiary/aromatic N) is 5. The van der Waals surface area contributed by atoms with Gasteiger partial charge in [-0.1, -0.05) is 24.3 Å². The summed E-state index contributed by atoms with van der Waals surface area (Å²) in [6.45, 7) is 2.42. The summed E-state index contributed by atoms with van der Waals surface area (Å²) in [5, 5.41) is 16.0. The van der Waals surface area contributed by atoms with E-state index in [-0.39, 0.29) is 0 Å². The fourth-order valence-electron chi connectivity index (χ4n) is 4.24. The van der Waals surface area contributed by atoms with Gasteiger partial charge >= 0.3 is 0 Å². The molecule has 0 unspecified atom stereocenters. The molecule has 0 atom stereocenters. The SMILES string of the molecule is OC1(c2cccnc2)CCN(Cc2cn(-c3ccccc3)nc2-c2ccncc2)CC1. The average molecular weight is 412 g/mol. The summed E-state index contributed by atoms with van der Waals surface area (Å²) >= 11 is 0. The first kappa shape index (κ1) is 19.6. The van der Waals surface area contributed by atoms with Crippen molar-refractivity contribution in [3.63, 3.8) is 0 Å². The maximum Gasteiger partial charge on any atom is 0.0973 e. The van der Waals surface area contributed by atoms with E-state index in [2.05, 4.69) is 33.2 Å². The lowest BCUT2D eigenvalue weighted by Gasteiger charge is -2.38. The van der Waals surface area contributed by atoms with Gasteiger partial charge in [-0.05, 0) is 43.2 Å². The molecule has 1 aromatic carbocycles. The number of likely N-dealkylation sites (tertiary alicyclic amines) is 1. The van der Waals surface area contributed by atoms with E-state index in [1.165, 1.54) is 5.56 Å². The summed E-state index contributed by atoms with van der Waals surface area (Å²) in [4.78, 5) is 10.7. The normalized spacial score (nSPS) is 16.3. The van der Waals surface area contributed by atoms with Crippen molar-refractivity contribution >= 4 is 0 Å². The highest BCUT2D eigenvalue weighted by atomic mass is 16.3. The number of piperidine rings is 1. The van der Waals surface area contributed by atoms with Crippen LogP contribution in [0.5, 0.6) is 0 Å². The molecule has 1 saturated heterocycles. The topological polar surface area (TPSA) is 67.1 Å². The zero-order chi connectivity index (χ0) is 21.1. The first-order valence-electron chi connectivity index (χ1n) is 10.6. The Kier molecular flexibility index (Phi) is 5.32. The molecule has 1 aliphatic heterocycles. The van der Waals surface area contributed by atoms with Crippen molar-refractivity contribution in [3.8, 4) is 16.9 Å². The van der Waals surface area contributed by atoms with Crippen LogP contribution in [0, 0.1) is 0 Å². The molecule has 1 aliphatic rings. The van der Waals surface area contributed by atoms with Gasteiger partial charge in [0.05, 0.1) is 17.0 Å². The molecule has 0 aliphatic carbocycles. The van der Waals surface area contributed by atoms with Gasteiger partial charge in [-0.3, -0.25) is 14.9 Å². The Morgan fingerprint density at radius 2 is 1.65 bits per heavy atom. The van der Waals surface area contributed by atoms with E-state index in [1.54, 1.807) is 24.8 Å². The van der Waals surface area contributed by atoms with Crippen LogP contribution in [0.15, 0.2) is 85.6 Å². The molecular formula is C25H25N5O. The zero-order valence-corrected chi connectivity index (χ0v) is 17.3. The van der Waals surface area contributed by atoms with Crippen molar-refractivity contribution in [1.82, 2.24) is 24.6 Å². The molecule has 1 N–H and O–H groups in total. The summed E-state index contributed by atoms with van der Waals surface area (Å²) in [6.07, 6.45) is 10.6. The third-order valence-electron chi connectivity index (χ3n) is 6.04. The third-order valence-corrected chi connectivity index (χ3v) is 6.04. The Morgan fingerprint density at radius 1 is 0.871 bits per heavy atom. The van der Waals surface area contributed by atoms with Gasteiger partial charge in [0.25, 0.3) is 0 Å². The molecule has 0 amide bonds. The third kappa shape index (κ3) is 4.13. The minimum absolute atomic E-state index is 0.691. The van der Waals surface area contributed by atoms with E-state index in [0.29, 0.717) is 12.8 Å². The van der Waals surface area contributed by atoms with E-state index in [4.69, 9.17) is 5.10 Å². The molecular weight excluding hydrogens is 386 g/mol. The fraction of sp³-hybridized carbons (Fsp3) is 0.240. The Morgan fingerprint density at radius 3 is 2.35 bits per heavy atom. The minimum Gasteiger partial charge on any atom is -0.385 e. The van der Waals surface area contributed by atoms with Crippen LogP contribution in [-0.4, -0.2) is 42.8 Å². The molecule has 4 heterocycles. The van der Waals surface area contributed by atoms with E-state index in [1.807, 2.05) is 47.1 Å². The molecule has 31 heavy (non-hydrogen) atoms. The number of aliphatic hydroxyl groups is 1. The number of benzene rings is 1. The van der Waals surface area contributed by atoms with Crippen LogP contribution < -0.4 is 0 Å². The molecule has 1 fully saturated rings. The van der Waals surface area contributed by atoms with Crippen molar-refractivity contribution in [2.75, 3.05) is 13.1 Å². The predicted molar refractivity (Wildman–Crippen MR) is 119 cm³/mol. The van der Waals surface area contributed by atoms with Gasteiger partial charge in [0, 0.05) is 67.3 Å². The van der Waals surface area contributed by atoms with Crippen LogP contribution in [0.4, 0.5) is 0 Å². The lowest BCUT2D eigenvalue weighted by Crippen LogP contribution is -2.42. The van der Waals surface area contributed by atoms with E-state index >= 15 is 0 Å². The highest BCUT2D eigenvalue weighted by Gasteiger charge is 2.34. The summed E-state index contributed by atoms with van der Waals surface area (Å²) in [6, 6.07) is 18.0. The van der Waals surface area contributed by atoms with Gasteiger partial charge in [-0.25, -0.2) is 4.68 Å². The quantitative estimate of drug-likeness (QED) is 0.541. The first-order valence-corrected chi connectivity index (χ1v) is 10.6. The molecule has 5 rings (SSSR count). The van der Waals surface area contributed by atoms with Gasteiger partial charge < -0.3 is 5.11 Å². The molecule has 156 valence electrons. The lowest BCUT2D eigenvalue weighted by atomic mass is 9.85. The first-order chi connectivity index (χ1) is 15.2. The average Bonchev–Trinajstić information content (AvgIpc) is 3.26. The Balaban J connectivity index is 1.38. The van der Waals surface area contributed by atoms with Crippen LogP contribution >= 0.6 is 0 Å². The molecule has 0 bridgehead atoms. The van der Waals surface area contributed by atoms with Gasteiger partial charge in [-0.2, -0.15) is 5.10 Å². The van der Waals surface area contributed by atoms with Gasteiger partial charge in [0.2, 0.25) is 0 Å². The standard InChI is InChI=1S/C25H25N5O/c31-25(22-5-4-12-27-17-22)10-15-29(16-11-25)18-21-19-30(23-6-2-1-3-7-23)28-24(21)20-8-13-26-14-9-20/h1-9,12-14,17,19,31H,10-11,15-16,18H2. The van der Waals surface area contributed by atoms with E-state index < -0.39 is 5.60 Å². The molecule has 0 spiro atoms. The summed E-state index contributed by atoms with van der Waals surface area (Å²) < 4.78 is 1.95. The van der Waals surface area contributed by atoms with E-state index in [0.717, 1.165) is 42.1 Å². The largest absolute Gasteiger partial charge is 0.385 e. The summed E-state index contributed by atoms with van der Waals surface area (Å²) in [7, 11) is 0. The van der Waals surface area contributed by atoms with Crippen LogP contribution in [0.1, 0.15) is 24.0 Å². The van der Waals surface area contributed by atoms with Crippen molar-refractivity contribution < 1.29 is 5.11 Å². The number of hydrogen-bond donors (Lipinski definition) is 1. The van der Waals surface area contributed by atoms with Gasteiger partial charge in [-0.15, -0.1) is 0 Å². The lowest BCUT2D eigenvalue weighted by molar-refractivity contribution is -0.0279. The van der Waals surface area contributed by atoms with Crippen LogP contribution in [0.25, 0.3) is 16.9 Å². The summed E-state index contributed by atoms with van der Waals surface area (Å²) in [5.41, 5.74) is 4.34. The Labute approximate surface area is 181 Å². The monoisotopic (exact) mass is 411 g/mol. The maximum absolute atomic E-state index is 11.1. The van der Waals surface area contributed by atoms with Crippen LogP contribution in [-0.2, 0) is 12.1 Å². The minimum atomic E-state index is -0.799. The molecule has 3 aromatic heterocycles. The van der Waals surface area contributed by atoms with Crippen LogP contribution in [0.2, 0.25) is 0 Å². The molecule has 6 nitrogen and oxygen atoms in total. The molecule has 4 aromatic rings. The van der Waals surface area contributed by atoms with Gasteiger partial charge in [0.1, 0.15) is 0 Å². The van der Waals surface area contributed by atoms with Crippen molar-refractivity contribution in [1.29, 1.82) is 0 Å². The Hall–Kier alpha value is -3.35. The number of para-hydroxylation sites is 1. The van der Waals surface area contributed by atoms with Gasteiger partial charge in [0.15, 0.2) is 0 Å². The van der Waals surface area contributed by atoms with Crippen molar-refractivity contribution in [2.45, 2.75) is 25.0 Å². The van der Waals surface area contributed by atoms with Crippen molar-refractivity contribution in [2.24, 2.45) is 0 Å². The summed E-state index contributed by atoms with van der Waals surface area (Å²) in [5.74, 6) is 0. The molecule has 6 heteroatoms. The zero-order valence-electron chi connectivity index (χ0n) is 17.3. The molecule has 0 saturated carbocycles. The Bertz CT molecular complexity index is 1120. The van der Waals surface area contributed by atoms with E-state index in [9.17, 15) is 5.11 Å². The highest BCUT2D eigenvalue weighted by molar-refractivity contribution is 5.62. The maximum atomic E-state index is 11.1.